The SMILES string of the molecule is C.C.CN(c1nc(Cl)ncc1O)[C@H](CO)C1CCC1.CN1c2nc(Cl)ncc2OC[C@@H]1C1CCC1.CN[C@H](CO)C1CCC1.COC(=O)[C@@H](N)C1CCC1.COC(=O)[C@@H](N)C1CCC1.COC(=O)[C@@H](NC(=O)OC(C)(C)C)C1CCC1.COc1ccc(COc2cnc(Cl)nc2Cl)cc1.COc1ccc(COc2cnc(Cl)nc2N(C)[C@H](CO)C2CCC2)cc1.O=S(Cl)Cl. The molecule has 1 aliphatic heterocycles. The van der Waals surface area contributed by atoms with Crippen molar-refractivity contribution < 1.29 is 86.4 Å². The summed E-state index contributed by atoms with van der Waals surface area (Å²) in [6, 6.07) is 14.6. The molecule has 1 amide bonds. The van der Waals surface area contributed by atoms with Gasteiger partial charge < -0.3 is 99.9 Å². The number of nitrogens with one attached hydrogen (secondary N) is 2. The van der Waals surface area contributed by atoms with Crippen LogP contribution in [0, 0.1) is 41.4 Å². The largest absolute Gasteiger partial charge is 0.503 e. The van der Waals surface area contributed by atoms with Crippen LogP contribution in [0.4, 0.5) is 22.2 Å². The van der Waals surface area contributed by atoms with Crippen LogP contribution in [0.3, 0.4) is 0 Å². The topological polar surface area (TPSA) is 438 Å². The average Bonchev–Trinajstić information content (AvgIpc) is 0.790. The molecule has 0 saturated heterocycles. The molecule has 129 heavy (non-hydrogen) atoms. The Kier molecular flexibility index (Phi) is 52.3. The van der Waals surface area contributed by atoms with Crippen molar-refractivity contribution in [3.05, 3.63) is 111 Å². The summed E-state index contributed by atoms with van der Waals surface area (Å²) < 4.78 is 55.3. The number of esters is 3. The highest BCUT2D eigenvalue weighted by Crippen LogP contribution is 2.42. The van der Waals surface area contributed by atoms with Crippen LogP contribution in [0.5, 0.6) is 34.5 Å². The number of hydrogen-bond acceptors (Lipinski definition) is 32. The number of benzene rings is 2. The van der Waals surface area contributed by atoms with Crippen LogP contribution < -0.4 is 60.5 Å². The van der Waals surface area contributed by atoms with E-state index in [1.165, 1.54) is 97.9 Å². The van der Waals surface area contributed by atoms with Crippen molar-refractivity contribution >= 4 is 130 Å². The highest BCUT2D eigenvalue weighted by Gasteiger charge is 2.39. The first-order chi connectivity index (χ1) is 60.6. The molecule has 0 unspecified atom stereocenters. The summed E-state index contributed by atoms with van der Waals surface area (Å²) >= 11 is 29.0. The van der Waals surface area contributed by atoms with E-state index >= 15 is 0 Å². The van der Waals surface area contributed by atoms with Gasteiger partial charge in [-0.1, -0.05) is 95.7 Å². The number of anilines is 3. The van der Waals surface area contributed by atoms with E-state index < -0.39 is 32.9 Å². The Morgan fingerprint density at radius 1 is 0.550 bits per heavy atom. The fourth-order valence-corrected chi connectivity index (χ4v) is 15.1. The van der Waals surface area contributed by atoms with E-state index in [4.69, 9.17) is 112 Å². The second-order valence-corrected chi connectivity index (χ2v) is 36.9. The molecule has 7 fully saturated rings. The predicted molar refractivity (Wildman–Crippen MR) is 506 cm³/mol. The molecule has 2 aromatic carbocycles. The van der Waals surface area contributed by atoms with Crippen LogP contribution in [0.15, 0.2) is 73.3 Å². The first-order valence-electron chi connectivity index (χ1n) is 42.4. The van der Waals surface area contributed by atoms with E-state index in [1.807, 2.05) is 67.5 Å². The molecule has 33 nitrogen and oxygen atoms in total. The maximum Gasteiger partial charge on any atom is 0.408 e. The number of aromatic nitrogens is 8. The minimum atomic E-state index is -1.67. The van der Waals surface area contributed by atoms with Crippen molar-refractivity contribution in [2.24, 2.45) is 52.9 Å². The molecule has 0 spiro atoms. The Bertz CT molecular complexity index is 4260. The van der Waals surface area contributed by atoms with E-state index in [2.05, 4.69) is 93.3 Å². The third-order valence-electron chi connectivity index (χ3n) is 23.6. The normalized spacial score (nSPS) is 17.4. The molecule has 6 aromatic rings. The van der Waals surface area contributed by atoms with Gasteiger partial charge in [-0.25, -0.2) is 38.7 Å². The van der Waals surface area contributed by atoms with Crippen LogP contribution in [0.1, 0.15) is 182 Å². The number of halogens is 7. The third-order valence-corrected chi connectivity index (χ3v) is 24.6. The maximum atomic E-state index is 11.6. The Labute approximate surface area is 796 Å². The third kappa shape index (κ3) is 37.5. The number of amides is 1. The molecule has 724 valence electrons. The first kappa shape index (κ1) is 114. The number of methoxy groups -OCH3 is 5. The van der Waals surface area contributed by atoms with Crippen LogP contribution >= 0.6 is 79.4 Å². The van der Waals surface area contributed by atoms with Gasteiger partial charge in [0.05, 0.1) is 98.3 Å². The molecule has 8 aliphatic rings. The summed E-state index contributed by atoms with van der Waals surface area (Å²) in [6.45, 7) is 7.23. The lowest BCUT2D eigenvalue weighted by atomic mass is 9.79. The number of ether oxygens (including phenoxy) is 9. The van der Waals surface area contributed by atoms with Gasteiger partial charge in [0.2, 0.25) is 30.4 Å². The van der Waals surface area contributed by atoms with Crippen molar-refractivity contribution in [1.82, 2.24) is 50.5 Å². The van der Waals surface area contributed by atoms with Crippen LogP contribution in [0.25, 0.3) is 0 Å². The number of nitrogens with two attached hydrogens (primary N) is 2. The van der Waals surface area contributed by atoms with Crippen molar-refractivity contribution in [2.45, 2.75) is 232 Å². The first-order valence-corrected chi connectivity index (χ1v) is 47.1. The van der Waals surface area contributed by atoms with Crippen LogP contribution in [0.2, 0.25) is 26.3 Å². The number of carbonyl (C=O) groups is 4. The Hall–Kier alpha value is -7.42. The van der Waals surface area contributed by atoms with Crippen LogP contribution in [-0.4, -0.2) is 227 Å². The standard InChI is InChI=1S/C19H24ClN3O3.C12H10Cl2N2O2.C12H21NO4.C11H16ClN3O2.C11H14ClN3O.2C7H13NO2.C7H15NO.2CH4.Cl2OS/c1-23(16(11-24)14-4-3-5-14)18-17(10-21-19(20)22-18)26-12-13-6-8-15(25-2)9-7-13;1-17-9-4-2-8(3-5-9)7-18-10-6-15-12(14)16-11(10)13;1-12(2,3)17-11(15)13-9(10(14)16-4)8-6-5-7-8;1-15(8(6-16)7-3-2-4-7)10-9(17)5-13-11(12)14-10;1-15-8(7-3-2-4-7)6-16-9-5-13-11(12)14-10(9)15;2*1-10-7(9)6(8)5-3-2-4-5;1-8-7(5-9)6-3-2-4-6;;;1-4(2)3/h6-10,14,16,24H,3-5,11-12H2,1-2H3;2-6H,7H2,1H3;8-9H,5-7H2,1-4H3,(H,13,15);5,7-8,16-17H,2-4,6H2,1H3;5,7-8H,2-4,6H2,1H3;2*5-6H,2-4,8H2,1H3;6-9H,2-5H2,1H3;2*1H4;/t16-;;9-;2*8-;2*6-;7-;;;/m1.011001.../s1. The lowest BCUT2D eigenvalue weighted by molar-refractivity contribution is -0.146. The molecule has 10 N–H and O–H groups in total. The van der Waals surface area contributed by atoms with E-state index in [0.717, 1.165) is 123 Å². The van der Waals surface area contributed by atoms with E-state index in [1.54, 1.807) is 59.3 Å². The van der Waals surface area contributed by atoms with Gasteiger partial charge in [0, 0.05) is 48.5 Å². The second-order valence-electron chi connectivity index (χ2n) is 32.6. The van der Waals surface area contributed by atoms with E-state index in [-0.39, 0.29) is 102 Å². The van der Waals surface area contributed by atoms with Gasteiger partial charge in [-0.05, 0) is 241 Å². The fourth-order valence-electron chi connectivity index (χ4n) is 14.3. The monoisotopic (exact) mass is 1970 g/mol. The summed E-state index contributed by atoms with van der Waals surface area (Å²) in [7, 11) is 22.4. The number of likely N-dealkylation sites (N-methyl/N-ethyl adjacent to an activating group) is 4. The minimum Gasteiger partial charge on any atom is -0.503 e. The van der Waals surface area contributed by atoms with E-state index in [9.17, 15) is 34.5 Å². The number of aromatic hydroxyl groups is 1. The highest BCUT2D eigenvalue weighted by molar-refractivity contribution is 8.26. The van der Waals surface area contributed by atoms with Crippen molar-refractivity contribution in [1.29, 1.82) is 0 Å². The predicted octanol–water partition coefficient (Wildman–Crippen LogP) is 15.4. The molecular weight excluding hydrogens is 1840 g/mol. The smallest absolute Gasteiger partial charge is 0.408 e. The number of aliphatic hydroxyl groups is 3. The zero-order valence-electron chi connectivity index (χ0n) is 74.2. The lowest BCUT2D eigenvalue weighted by Crippen LogP contribution is -2.49. The maximum absolute atomic E-state index is 11.6. The number of fused-ring (bicyclic) bond motifs is 1. The molecule has 5 heterocycles. The lowest BCUT2D eigenvalue weighted by Gasteiger charge is -2.42. The van der Waals surface area contributed by atoms with E-state index in [0.29, 0.717) is 78.7 Å². The Morgan fingerprint density at radius 3 is 1.30 bits per heavy atom. The average molecular weight is 1970 g/mol. The number of aliphatic hydroxyl groups excluding tert-OH is 3. The summed E-state index contributed by atoms with van der Waals surface area (Å²) in [4.78, 5) is 82.5. The summed E-state index contributed by atoms with van der Waals surface area (Å²) in [5.41, 5.74) is 12.5. The zero-order chi connectivity index (χ0) is 93.5. The molecule has 14 rings (SSSR count). The van der Waals surface area contributed by atoms with Crippen molar-refractivity contribution in [2.75, 3.05) is 105 Å². The molecule has 7 saturated carbocycles. The summed E-state index contributed by atoms with van der Waals surface area (Å²) in [5.74, 6) is 7.47. The zero-order valence-corrected chi connectivity index (χ0v) is 80.3. The van der Waals surface area contributed by atoms with Gasteiger partial charge in [0.25, 0.3) is 0 Å². The van der Waals surface area contributed by atoms with Gasteiger partial charge in [-0.2, -0.15) is 15.0 Å². The molecular formula is C88H134Cl7N15O18S. The second kappa shape index (κ2) is 59.3. The number of hydrogen-bond donors (Lipinski definition) is 8. The summed E-state index contributed by atoms with van der Waals surface area (Å²) in [6.07, 6.45) is 29.8. The number of carbonyl (C=O) groups excluding carboxylic acids is 4. The van der Waals surface area contributed by atoms with Crippen LogP contribution in [-0.2, 0) is 55.8 Å². The van der Waals surface area contributed by atoms with Crippen molar-refractivity contribution in [3.63, 3.8) is 0 Å². The Balaban J connectivity index is 0.000000312. The molecule has 4 aromatic heterocycles. The van der Waals surface area contributed by atoms with Gasteiger partial charge >= 0.3 is 24.0 Å². The fraction of sp³-hybridized carbons (Fsp3) is 0.636. The molecule has 0 bridgehead atoms. The molecule has 7 aliphatic carbocycles. The van der Waals surface area contributed by atoms with Crippen molar-refractivity contribution in [3.8, 4) is 34.5 Å². The number of nitrogens with zero attached hydrogens (tertiary/aromatic N) is 11. The quantitative estimate of drug-likeness (QED) is 0.00780. The number of rotatable bonds is 27. The molecule has 7 atom stereocenters. The summed E-state index contributed by atoms with van der Waals surface area (Å²) in [5, 5.41) is 44.3. The van der Waals surface area contributed by atoms with Gasteiger partial charge in [-0.15, -0.1) is 0 Å². The molecule has 0 radical (unpaired) electrons. The highest BCUT2D eigenvalue weighted by atomic mass is 36.0. The molecule has 41 heteroatoms. The van der Waals surface area contributed by atoms with Gasteiger partial charge in [0.1, 0.15) is 55.0 Å². The van der Waals surface area contributed by atoms with Gasteiger partial charge in [-0.3, -0.25) is 9.59 Å². The minimum absolute atomic E-state index is 0. The number of alkyl carbamates (subject to hydrolysis) is 1. The Morgan fingerprint density at radius 2 is 0.938 bits per heavy atom. The van der Waals surface area contributed by atoms with Gasteiger partial charge in [0.15, 0.2) is 45.6 Å².